The van der Waals surface area contributed by atoms with Crippen LogP contribution in [0.15, 0.2) is 72.8 Å². The predicted molar refractivity (Wildman–Crippen MR) is 124 cm³/mol. The molecule has 4 aromatic rings. The summed E-state index contributed by atoms with van der Waals surface area (Å²) in [6.07, 6.45) is 0. The molecule has 0 atom stereocenters. The molecule has 145 valence electrons. The van der Waals surface area contributed by atoms with Gasteiger partial charge in [-0.3, -0.25) is 0 Å². The fourth-order valence-corrected chi connectivity index (χ4v) is 3.62. The minimum atomic E-state index is 0.764. The SMILES string of the molecule is CN(C)c1ccc(O[B]Oc2ccc(N(C)C)c3ccccc23)c2ccccc12. The summed E-state index contributed by atoms with van der Waals surface area (Å²) >= 11 is 0. The van der Waals surface area contributed by atoms with Crippen LogP contribution in [0.4, 0.5) is 11.4 Å². The lowest BCUT2D eigenvalue weighted by atomic mass is 10.1. The Morgan fingerprint density at radius 1 is 0.517 bits per heavy atom. The summed E-state index contributed by atoms with van der Waals surface area (Å²) in [5.74, 6) is 1.53. The van der Waals surface area contributed by atoms with Gasteiger partial charge in [0, 0.05) is 61.1 Å². The molecule has 0 bridgehead atoms. The Balaban J connectivity index is 1.59. The normalized spacial score (nSPS) is 10.8. The van der Waals surface area contributed by atoms with Gasteiger partial charge in [-0.25, -0.2) is 0 Å². The molecule has 0 aliphatic carbocycles. The molecule has 4 nitrogen and oxygen atoms in total. The van der Waals surface area contributed by atoms with Crippen LogP contribution in [0, 0.1) is 0 Å². The maximum Gasteiger partial charge on any atom is 0.658 e. The second-order valence-electron chi connectivity index (χ2n) is 7.38. The van der Waals surface area contributed by atoms with Crippen molar-refractivity contribution in [3.63, 3.8) is 0 Å². The molecular weight excluding hydrogens is 359 g/mol. The second-order valence-corrected chi connectivity index (χ2v) is 7.38. The van der Waals surface area contributed by atoms with Gasteiger partial charge in [-0.2, -0.15) is 0 Å². The summed E-state index contributed by atoms with van der Waals surface area (Å²) in [6, 6.07) is 24.5. The van der Waals surface area contributed by atoms with Crippen LogP contribution in [0.5, 0.6) is 11.5 Å². The highest BCUT2D eigenvalue weighted by molar-refractivity contribution is 6.22. The molecule has 0 saturated heterocycles. The topological polar surface area (TPSA) is 24.9 Å². The Morgan fingerprint density at radius 3 is 1.28 bits per heavy atom. The van der Waals surface area contributed by atoms with Gasteiger partial charge >= 0.3 is 7.69 Å². The lowest BCUT2D eigenvalue weighted by molar-refractivity contribution is 0.465. The van der Waals surface area contributed by atoms with Crippen molar-refractivity contribution in [1.82, 2.24) is 0 Å². The van der Waals surface area contributed by atoms with Crippen molar-refractivity contribution in [3.8, 4) is 11.5 Å². The molecule has 29 heavy (non-hydrogen) atoms. The van der Waals surface area contributed by atoms with Crippen LogP contribution in [-0.4, -0.2) is 35.9 Å². The average molecular weight is 383 g/mol. The van der Waals surface area contributed by atoms with Crippen molar-refractivity contribution < 1.29 is 9.31 Å². The van der Waals surface area contributed by atoms with Gasteiger partial charge in [-0.05, 0) is 24.3 Å². The van der Waals surface area contributed by atoms with Gasteiger partial charge in [0.1, 0.15) is 11.5 Å². The highest BCUT2D eigenvalue weighted by Gasteiger charge is 2.12. The third kappa shape index (κ3) is 3.68. The Hall–Kier alpha value is -3.34. The summed E-state index contributed by atoms with van der Waals surface area (Å²) in [5.41, 5.74) is 2.30. The number of rotatable bonds is 6. The Labute approximate surface area is 172 Å². The van der Waals surface area contributed by atoms with Crippen LogP contribution in [0.2, 0.25) is 0 Å². The molecule has 4 aromatic carbocycles. The van der Waals surface area contributed by atoms with Gasteiger partial charge in [-0.15, -0.1) is 0 Å². The van der Waals surface area contributed by atoms with E-state index < -0.39 is 0 Å². The molecule has 0 aliphatic rings. The van der Waals surface area contributed by atoms with Crippen molar-refractivity contribution in [2.45, 2.75) is 0 Å². The lowest BCUT2D eigenvalue weighted by Crippen LogP contribution is -2.13. The third-order valence-corrected chi connectivity index (χ3v) is 5.04. The molecule has 0 spiro atoms. The van der Waals surface area contributed by atoms with Gasteiger partial charge in [0.2, 0.25) is 0 Å². The summed E-state index contributed by atoms with van der Waals surface area (Å²) in [4.78, 5) is 4.20. The molecule has 1 radical (unpaired) electrons. The minimum absolute atomic E-state index is 0.764. The number of hydrogen-bond donors (Lipinski definition) is 0. The number of benzene rings is 4. The fourth-order valence-electron chi connectivity index (χ4n) is 3.62. The van der Waals surface area contributed by atoms with E-state index in [0.717, 1.165) is 44.4 Å². The minimum Gasteiger partial charge on any atom is -0.526 e. The number of hydrogen-bond acceptors (Lipinski definition) is 4. The first-order valence-electron chi connectivity index (χ1n) is 9.59. The molecule has 0 saturated carbocycles. The van der Waals surface area contributed by atoms with Gasteiger partial charge < -0.3 is 19.1 Å². The van der Waals surface area contributed by atoms with Crippen LogP contribution in [0.25, 0.3) is 21.5 Å². The highest BCUT2D eigenvalue weighted by atomic mass is 16.6. The first kappa shape index (κ1) is 19.0. The first-order valence-corrected chi connectivity index (χ1v) is 9.59. The van der Waals surface area contributed by atoms with Crippen molar-refractivity contribution in [2.75, 3.05) is 38.0 Å². The molecule has 0 amide bonds. The summed E-state index contributed by atoms with van der Waals surface area (Å²) < 4.78 is 11.8. The van der Waals surface area contributed by atoms with Gasteiger partial charge in [0.15, 0.2) is 0 Å². The zero-order valence-electron chi connectivity index (χ0n) is 17.2. The predicted octanol–water partition coefficient (Wildman–Crippen LogP) is 5.12. The number of anilines is 2. The molecule has 0 unspecified atom stereocenters. The number of fused-ring (bicyclic) bond motifs is 2. The third-order valence-electron chi connectivity index (χ3n) is 5.04. The fraction of sp³-hybridized carbons (Fsp3) is 0.167. The number of nitrogens with zero attached hydrogens (tertiary/aromatic N) is 2. The highest BCUT2D eigenvalue weighted by Crippen LogP contribution is 2.34. The molecule has 0 N–H and O–H groups in total. The van der Waals surface area contributed by atoms with Crippen molar-refractivity contribution in [3.05, 3.63) is 72.8 Å². The Morgan fingerprint density at radius 2 is 0.897 bits per heavy atom. The van der Waals surface area contributed by atoms with E-state index in [2.05, 4.69) is 46.2 Å². The molecule has 0 fully saturated rings. The Kier molecular flexibility index (Phi) is 5.21. The largest absolute Gasteiger partial charge is 0.658 e. The van der Waals surface area contributed by atoms with E-state index >= 15 is 0 Å². The maximum absolute atomic E-state index is 5.91. The quantitative estimate of drug-likeness (QED) is 0.432. The van der Waals surface area contributed by atoms with Crippen molar-refractivity contribution in [1.29, 1.82) is 0 Å². The zero-order chi connectivity index (χ0) is 20.4. The second kappa shape index (κ2) is 7.96. The summed E-state index contributed by atoms with van der Waals surface area (Å²) in [7, 11) is 9.58. The smallest absolute Gasteiger partial charge is 0.526 e. The molecule has 4 rings (SSSR count). The van der Waals surface area contributed by atoms with E-state index in [-0.39, 0.29) is 0 Å². The Bertz CT molecular complexity index is 1070. The average Bonchev–Trinajstić information content (AvgIpc) is 2.73. The van der Waals surface area contributed by atoms with Gasteiger partial charge in [0.05, 0.1) is 0 Å². The van der Waals surface area contributed by atoms with Crippen LogP contribution >= 0.6 is 0 Å². The first-order chi connectivity index (χ1) is 14.1. The molecule has 0 aromatic heterocycles. The van der Waals surface area contributed by atoms with E-state index in [0.29, 0.717) is 0 Å². The van der Waals surface area contributed by atoms with Crippen LogP contribution in [-0.2, 0) is 0 Å². The monoisotopic (exact) mass is 383 g/mol. The molecule has 0 aliphatic heterocycles. The van der Waals surface area contributed by atoms with E-state index in [1.807, 2.05) is 64.6 Å². The van der Waals surface area contributed by atoms with E-state index in [4.69, 9.17) is 9.31 Å². The zero-order valence-corrected chi connectivity index (χ0v) is 17.2. The van der Waals surface area contributed by atoms with Gasteiger partial charge in [0.25, 0.3) is 0 Å². The van der Waals surface area contributed by atoms with E-state index in [1.54, 1.807) is 0 Å². The van der Waals surface area contributed by atoms with Crippen LogP contribution in [0.3, 0.4) is 0 Å². The maximum atomic E-state index is 5.91. The standard InChI is InChI=1S/C24H24BN2O2/c1-26(2)21-13-15-23(19-11-7-5-9-17(19)21)28-25-29-24-16-14-22(27(3)4)18-10-6-8-12-20(18)24/h5-16H,1-4H3. The van der Waals surface area contributed by atoms with Crippen LogP contribution in [0.1, 0.15) is 0 Å². The van der Waals surface area contributed by atoms with Crippen molar-refractivity contribution in [2.24, 2.45) is 0 Å². The van der Waals surface area contributed by atoms with E-state index in [1.165, 1.54) is 7.69 Å². The lowest BCUT2D eigenvalue weighted by Gasteiger charge is -2.19. The summed E-state index contributed by atoms with van der Waals surface area (Å²) in [5, 5.41) is 4.38. The molecule has 5 heteroatoms. The van der Waals surface area contributed by atoms with Gasteiger partial charge in [-0.1, -0.05) is 48.5 Å². The molecule has 0 heterocycles. The summed E-state index contributed by atoms with van der Waals surface area (Å²) in [6.45, 7) is 0. The van der Waals surface area contributed by atoms with E-state index in [9.17, 15) is 0 Å². The van der Waals surface area contributed by atoms with Crippen LogP contribution < -0.4 is 19.1 Å². The molecular formula is C24H24BN2O2. The van der Waals surface area contributed by atoms with Crippen molar-refractivity contribution >= 4 is 40.6 Å².